The highest BCUT2D eigenvalue weighted by Crippen LogP contribution is 2.31. The zero-order chi connectivity index (χ0) is 12.4. The summed E-state index contributed by atoms with van der Waals surface area (Å²) in [4.78, 5) is 2.53. The molecule has 0 heterocycles. The van der Waals surface area contributed by atoms with Gasteiger partial charge < -0.3 is 10.4 Å². The maximum Gasteiger partial charge on any atom is 0.0570 e. The van der Waals surface area contributed by atoms with Gasteiger partial charge in [0, 0.05) is 24.2 Å². The number of rotatable bonds is 4. The van der Waals surface area contributed by atoms with Crippen LogP contribution in [0, 0.1) is 0 Å². The Morgan fingerprint density at radius 2 is 1.82 bits per heavy atom. The normalized spacial score (nSPS) is 38.5. The quantitative estimate of drug-likeness (QED) is 0.786. The van der Waals surface area contributed by atoms with Gasteiger partial charge in [-0.15, -0.1) is 0 Å². The van der Waals surface area contributed by atoms with E-state index in [0.29, 0.717) is 24.2 Å². The number of hydrogen-bond donors (Lipinski definition) is 2. The van der Waals surface area contributed by atoms with E-state index in [4.69, 9.17) is 0 Å². The molecule has 3 heteroatoms. The summed E-state index contributed by atoms with van der Waals surface area (Å²) in [6, 6.07) is 2.50. The number of aliphatic hydroxyl groups excluding tert-OH is 1. The summed E-state index contributed by atoms with van der Waals surface area (Å²) in [5.41, 5.74) is 0. The van der Waals surface area contributed by atoms with Crippen molar-refractivity contribution in [3.05, 3.63) is 0 Å². The first-order valence-corrected chi connectivity index (χ1v) is 7.24. The van der Waals surface area contributed by atoms with Gasteiger partial charge in [-0.05, 0) is 32.7 Å². The molecule has 2 N–H and O–H groups in total. The van der Waals surface area contributed by atoms with Gasteiger partial charge in [-0.1, -0.05) is 26.7 Å². The molecule has 0 spiro atoms. The molecule has 2 saturated carbocycles. The van der Waals surface area contributed by atoms with E-state index in [9.17, 15) is 5.11 Å². The van der Waals surface area contributed by atoms with Crippen LogP contribution in [0.3, 0.4) is 0 Å². The van der Waals surface area contributed by atoms with Crippen LogP contribution in [0.15, 0.2) is 0 Å². The number of nitrogens with zero attached hydrogens (tertiary/aromatic N) is 1. The van der Waals surface area contributed by atoms with E-state index < -0.39 is 0 Å². The Labute approximate surface area is 106 Å². The third-order valence-corrected chi connectivity index (χ3v) is 4.46. The molecule has 0 aromatic carbocycles. The van der Waals surface area contributed by atoms with Crippen LogP contribution in [0.2, 0.25) is 0 Å². The molecule has 0 unspecified atom stereocenters. The number of hydrogen-bond acceptors (Lipinski definition) is 3. The first-order chi connectivity index (χ1) is 8.08. The van der Waals surface area contributed by atoms with Gasteiger partial charge in [-0.25, -0.2) is 0 Å². The Morgan fingerprint density at radius 1 is 1.18 bits per heavy atom. The van der Waals surface area contributed by atoms with Crippen LogP contribution in [0.4, 0.5) is 0 Å². The molecule has 0 amide bonds. The molecule has 2 rings (SSSR count). The van der Waals surface area contributed by atoms with Gasteiger partial charge in [0.05, 0.1) is 6.10 Å². The zero-order valence-electron chi connectivity index (χ0n) is 11.5. The Bertz CT molecular complexity index is 238. The molecule has 17 heavy (non-hydrogen) atoms. The first-order valence-electron chi connectivity index (χ1n) is 7.24. The molecule has 2 aliphatic carbocycles. The highest BCUT2D eigenvalue weighted by atomic mass is 16.3. The van der Waals surface area contributed by atoms with E-state index in [0.717, 1.165) is 12.8 Å². The lowest BCUT2D eigenvalue weighted by molar-refractivity contribution is -0.0183. The molecule has 0 aromatic heterocycles. The second-order valence-corrected chi connectivity index (χ2v) is 6.22. The molecule has 0 aliphatic heterocycles. The van der Waals surface area contributed by atoms with Gasteiger partial charge >= 0.3 is 0 Å². The SMILES string of the molecule is CC(C)N[C@H]1CCCC[C@@H]1N(C)C1CC(O)C1. The van der Waals surface area contributed by atoms with Crippen molar-refractivity contribution in [2.75, 3.05) is 7.05 Å². The van der Waals surface area contributed by atoms with Crippen LogP contribution in [0.1, 0.15) is 52.4 Å². The predicted octanol–water partition coefficient (Wildman–Crippen LogP) is 1.75. The van der Waals surface area contributed by atoms with Gasteiger partial charge in [0.2, 0.25) is 0 Å². The molecule has 2 fully saturated rings. The largest absolute Gasteiger partial charge is 0.393 e. The number of nitrogens with one attached hydrogen (secondary N) is 1. The fourth-order valence-corrected chi connectivity index (χ4v) is 3.38. The van der Waals surface area contributed by atoms with Crippen LogP contribution in [0.25, 0.3) is 0 Å². The smallest absolute Gasteiger partial charge is 0.0570 e. The average Bonchev–Trinajstić information content (AvgIpc) is 2.24. The standard InChI is InChI=1S/C14H28N2O/c1-10(2)15-13-6-4-5-7-14(13)16(3)11-8-12(17)9-11/h10-15,17H,4-9H2,1-3H3/t11?,12?,13-,14-/m0/s1. The molecule has 3 nitrogen and oxygen atoms in total. The molecular weight excluding hydrogens is 212 g/mol. The van der Waals surface area contributed by atoms with Gasteiger partial charge in [-0.2, -0.15) is 0 Å². The molecule has 100 valence electrons. The van der Waals surface area contributed by atoms with Crippen molar-refractivity contribution in [1.82, 2.24) is 10.2 Å². The summed E-state index contributed by atoms with van der Waals surface area (Å²) in [5.74, 6) is 0. The lowest BCUT2D eigenvalue weighted by Gasteiger charge is -2.47. The summed E-state index contributed by atoms with van der Waals surface area (Å²) in [6.07, 6.45) is 7.25. The van der Waals surface area contributed by atoms with Gasteiger partial charge in [0.25, 0.3) is 0 Å². The Morgan fingerprint density at radius 3 is 2.41 bits per heavy atom. The van der Waals surface area contributed by atoms with Crippen molar-refractivity contribution >= 4 is 0 Å². The predicted molar refractivity (Wildman–Crippen MR) is 71.1 cm³/mol. The molecular formula is C14H28N2O. The van der Waals surface area contributed by atoms with Gasteiger partial charge in [0.1, 0.15) is 0 Å². The summed E-state index contributed by atoms with van der Waals surface area (Å²) in [5, 5.41) is 13.2. The van der Waals surface area contributed by atoms with Crippen LogP contribution in [-0.2, 0) is 0 Å². The minimum Gasteiger partial charge on any atom is -0.393 e. The second kappa shape index (κ2) is 5.68. The highest BCUT2D eigenvalue weighted by molar-refractivity contribution is 4.94. The van der Waals surface area contributed by atoms with E-state index in [2.05, 4.69) is 31.1 Å². The topological polar surface area (TPSA) is 35.5 Å². The van der Waals surface area contributed by atoms with Crippen molar-refractivity contribution < 1.29 is 5.11 Å². The fraction of sp³-hybridized carbons (Fsp3) is 1.00. The van der Waals surface area contributed by atoms with E-state index in [1.165, 1.54) is 25.7 Å². The first kappa shape index (κ1) is 13.3. The van der Waals surface area contributed by atoms with Crippen molar-refractivity contribution in [1.29, 1.82) is 0 Å². The summed E-state index contributed by atoms with van der Waals surface area (Å²) >= 11 is 0. The molecule has 2 atom stereocenters. The maximum absolute atomic E-state index is 9.43. The number of aliphatic hydroxyl groups is 1. The Hall–Kier alpha value is -0.120. The Balaban J connectivity index is 1.90. The highest BCUT2D eigenvalue weighted by Gasteiger charge is 2.37. The fourth-order valence-electron chi connectivity index (χ4n) is 3.38. The van der Waals surface area contributed by atoms with E-state index in [1.54, 1.807) is 0 Å². The van der Waals surface area contributed by atoms with E-state index >= 15 is 0 Å². The lowest BCUT2D eigenvalue weighted by Crippen LogP contribution is -2.58. The summed E-state index contributed by atoms with van der Waals surface area (Å²) < 4.78 is 0. The third kappa shape index (κ3) is 3.21. The minimum atomic E-state index is -0.0393. The average molecular weight is 240 g/mol. The molecule has 2 aliphatic rings. The zero-order valence-corrected chi connectivity index (χ0v) is 11.5. The molecule has 0 saturated heterocycles. The van der Waals surface area contributed by atoms with Gasteiger partial charge in [0.15, 0.2) is 0 Å². The third-order valence-electron chi connectivity index (χ3n) is 4.46. The maximum atomic E-state index is 9.43. The molecule has 0 radical (unpaired) electrons. The summed E-state index contributed by atoms with van der Waals surface area (Å²) in [6.45, 7) is 4.47. The minimum absolute atomic E-state index is 0.0393. The van der Waals surface area contributed by atoms with Crippen molar-refractivity contribution in [3.63, 3.8) is 0 Å². The van der Waals surface area contributed by atoms with Crippen LogP contribution in [0.5, 0.6) is 0 Å². The van der Waals surface area contributed by atoms with Crippen molar-refractivity contribution in [3.8, 4) is 0 Å². The van der Waals surface area contributed by atoms with E-state index in [-0.39, 0.29) is 6.10 Å². The number of likely N-dealkylation sites (N-methyl/N-ethyl adjacent to an activating group) is 1. The van der Waals surface area contributed by atoms with Crippen LogP contribution in [-0.4, -0.2) is 47.3 Å². The van der Waals surface area contributed by atoms with E-state index in [1.807, 2.05) is 0 Å². The van der Waals surface area contributed by atoms with Crippen molar-refractivity contribution in [2.24, 2.45) is 0 Å². The van der Waals surface area contributed by atoms with Crippen molar-refractivity contribution in [2.45, 2.75) is 82.6 Å². The van der Waals surface area contributed by atoms with Crippen LogP contribution >= 0.6 is 0 Å². The molecule has 0 bridgehead atoms. The lowest BCUT2D eigenvalue weighted by atomic mass is 9.83. The summed E-state index contributed by atoms with van der Waals surface area (Å²) in [7, 11) is 2.25. The monoisotopic (exact) mass is 240 g/mol. The van der Waals surface area contributed by atoms with Crippen LogP contribution < -0.4 is 5.32 Å². The Kier molecular flexibility index (Phi) is 4.45. The molecule has 0 aromatic rings. The second-order valence-electron chi connectivity index (χ2n) is 6.22. The van der Waals surface area contributed by atoms with Gasteiger partial charge in [-0.3, -0.25) is 4.90 Å².